The smallest absolute Gasteiger partial charge is 0.259 e. The number of aryl methyl sites for hydroxylation is 3. The molecule has 2 aromatic heterocycles. The van der Waals surface area contributed by atoms with Crippen LogP contribution in [0.3, 0.4) is 0 Å². The van der Waals surface area contributed by atoms with E-state index in [9.17, 15) is 9.59 Å². The van der Waals surface area contributed by atoms with Crippen LogP contribution in [0.1, 0.15) is 40.2 Å². The first kappa shape index (κ1) is 22.8. The van der Waals surface area contributed by atoms with Crippen molar-refractivity contribution in [2.45, 2.75) is 39.5 Å². The van der Waals surface area contributed by atoms with E-state index in [1.165, 1.54) is 41.1 Å². The molecule has 0 aliphatic heterocycles. The number of benzene rings is 1. The normalized spacial score (nSPS) is 13.0. The first-order chi connectivity index (χ1) is 16.0. The van der Waals surface area contributed by atoms with Crippen molar-refractivity contribution >= 4 is 29.4 Å². The molecule has 0 fully saturated rings. The number of carbonyl (C=O) groups is 2. The summed E-state index contributed by atoms with van der Waals surface area (Å²) < 4.78 is 7.60. The fourth-order valence-electron chi connectivity index (χ4n) is 3.95. The Balaban J connectivity index is 1.28. The van der Waals surface area contributed by atoms with Crippen molar-refractivity contribution in [1.82, 2.24) is 15.3 Å². The Morgan fingerprint density at radius 3 is 2.70 bits per heavy atom. The van der Waals surface area contributed by atoms with Crippen LogP contribution in [0.5, 0.6) is 5.75 Å². The van der Waals surface area contributed by atoms with Gasteiger partial charge < -0.3 is 14.6 Å². The SMILES string of the molecule is Cc1cc(/C=N/NC(=O)CNC(=O)COc2ccccc2)c(C)n1-c1cc2c(s1)CCCC2. The molecule has 7 nitrogen and oxygen atoms in total. The molecule has 8 heteroatoms. The lowest BCUT2D eigenvalue weighted by Crippen LogP contribution is -2.37. The zero-order chi connectivity index (χ0) is 23.2. The van der Waals surface area contributed by atoms with E-state index in [2.05, 4.69) is 46.4 Å². The summed E-state index contributed by atoms with van der Waals surface area (Å²) in [6, 6.07) is 13.4. The molecule has 2 amide bonds. The molecule has 2 N–H and O–H groups in total. The maximum atomic E-state index is 12.0. The molecule has 3 aromatic rings. The summed E-state index contributed by atoms with van der Waals surface area (Å²) in [4.78, 5) is 25.4. The van der Waals surface area contributed by atoms with Gasteiger partial charge in [-0.15, -0.1) is 11.3 Å². The van der Waals surface area contributed by atoms with Gasteiger partial charge in [0.05, 0.1) is 17.8 Å². The fourth-order valence-corrected chi connectivity index (χ4v) is 5.32. The molecular formula is C25H28N4O3S. The summed E-state index contributed by atoms with van der Waals surface area (Å²) in [7, 11) is 0. The van der Waals surface area contributed by atoms with Crippen molar-refractivity contribution in [3.05, 3.63) is 69.9 Å². The fraction of sp³-hybridized carbons (Fsp3) is 0.320. The molecule has 1 aliphatic rings. The second kappa shape index (κ2) is 10.5. The first-order valence-corrected chi connectivity index (χ1v) is 11.9. The molecule has 0 radical (unpaired) electrons. The second-order valence-electron chi connectivity index (χ2n) is 8.07. The summed E-state index contributed by atoms with van der Waals surface area (Å²) >= 11 is 1.87. The number of nitrogens with zero attached hydrogens (tertiary/aromatic N) is 2. The summed E-state index contributed by atoms with van der Waals surface area (Å²) in [6.45, 7) is 3.81. The van der Waals surface area contributed by atoms with Crippen LogP contribution in [-0.4, -0.2) is 35.7 Å². The minimum absolute atomic E-state index is 0.154. The number of hydrazone groups is 1. The van der Waals surface area contributed by atoms with Crippen molar-refractivity contribution in [1.29, 1.82) is 0 Å². The molecule has 33 heavy (non-hydrogen) atoms. The van der Waals surface area contributed by atoms with E-state index >= 15 is 0 Å². The van der Waals surface area contributed by atoms with Crippen molar-refractivity contribution in [3.63, 3.8) is 0 Å². The van der Waals surface area contributed by atoms with Gasteiger partial charge in [0.2, 0.25) is 0 Å². The molecule has 0 unspecified atom stereocenters. The van der Waals surface area contributed by atoms with Crippen LogP contribution < -0.4 is 15.5 Å². The van der Waals surface area contributed by atoms with E-state index in [1.54, 1.807) is 18.3 Å². The number of rotatable bonds is 8. The summed E-state index contributed by atoms with van der Waals surface area (Å²) in [6.07, 6.45) is 6.53. The Morgan fingerprint density at radius 1 is 1.12 bits per heavy atom. The van der Waals surface area contributed by atoms with Crippen LogP contribution in [0.25, 0.3) is 5.00 Å². The van der Waals surface area contributed by atoms with Crippen LogP contribution in [0.15, 0.2) is 47.6 Å². The number of carbonyl (C=O) groups excluding carboxylic acids is 2. The minimum atomic E-state index is -0.404. The van der Waals surface area contributed by atoms with Crippen LogP contribution >= 0.6 is 11.3 Å². The maximum Gasteiger partial charge on any atom is 0.259 e. The number of nitrogens with one attached hydrogen (secondary N) is 2. The third-order valence-electron chi connectivity index (χ3n) is 5.63. The number of hydrogen-bond donors (Lipinski definition) is 2. The molecular weight excluding hydrogens is 436 g/mol. The van der Waals surface area contributed by atoms with Gasteiger partial charge in [-0.3, -0.25) is 9.59 Å². The lowest BCUT2D eigenvalue weighted by Gasteiger charge is -2.08. The van der Waals surface area contributed by atoms with E-state index in [1.807, 2.05) is 29.5 Å². The Morgan fingerprint density at radius 2 is 1.91 bits per heavy atom. The molecule has 172 valence electrons. The Labute approximate surface area is 197 Å². The molecule has 0 bridgehead atoms. The van der Waals surface area contributed by atoms with Crippen LogP contribution in [0.2, 0.25) is 0 Å². The molecule has 0 spiro atoms. The standard InChI is InChI=1S/C25H28N4O3S/c1-17-12-20(18(2)29(17)25-13-19-8-6-7-11-22(19)33-25)14-27-28-23(30)15-26-24(31)16-32-21-9-4-3-5-10-21/h3-5,9-10,12-14H,6-8,11,15-16H2,1-2H3,(H,26,31)(H,28,30)/b27-14+. The Hall–Kier alpha value is -3.39. The van der Waals surface area contributed by atoms with Gasteiger partial charge in [0, 0.05) is 21.8 Å². The number of amides is 2. The molecule has 4 rings (SSSR count). The van der Waals surface area contributed by atoms with Crippen LogP contribution in [0.4, 0.5) is 0 Å². The van der Waals surface area contributed by atoms with Gasteiger partial charge in [-0.05, 0) is 69.4 Å². The average Bonchev–Trinajstić information content (AvgIpc) is 3.36. The van der Waals surface area contributed by atoms with E-state index in [0.717, 1.165) is 17.0 Å². The summed E-state index contributed by atoms with van der Waals surface area (Å²) in [5.74, 6) is -0.179. The van der Waals surface area contributed by atoms with Gasteiger partial charge in [0.1, 0.15) is 5.75 Å². The largest absolute Gasteiger partial charge is 0.484 e. The topological polar surface area (TPSA) is 84.7 Å². The molecule has 0 saturated heterocycles. The molecule has 0 atom stereocenters. The van der Waals surface area contributed by atoms with E-state index in [-0.39, 0.29) is 19.1 Å². The van der Waals surface area contributed by atoms with Gasteiger partial charge in [-0.1, -0.05) is 18.2 Å². The summed E-state index contributed by atoms with van der Waals surface area (Å²) in [5, 5.41) is 7.83. The minimum Gasteiger partial charge on any atom is -0.484 e. The van der Waals surface area contributed by atoms with Crippen LogP contribution in [-0.2, 0) is 22.4 Å². The highest BCUT2D eigenvalue weighted by atomic mass is 32.1. The third-order valence-corrected chi connectivity index (χ3v) is 6.85. The lowest BCUT2D eigenvalue weighted by atomic mass is 10.00. The average molecular weight is 465 g/mol. The number of hydrogen-bond acceptors (Lipinski definition) is 5. The van der Waals surface area contributed by atoms with Crippen LogP contribution in [0, 0.1) is 13.8 Å². The number of fused-ring (bicyclic) bond motifs is 1. The van der Waals surface area contributed by atoms with Gasteiger partial charge in [0.25, 0.3) is 11.8 Å². The number of ether oxygens (including phenoxy) is 1. The zero-order valence-corrected chi connectivity index (χ0v) is 19.7. The van der Waals surface area contributed by atoms with Gasteiger partial charge >= 0.3 is 0 Å². The van der Waals surface area contributed by atoms with Crippen molar-refractivity contribution in [2.75, 3.05) is 13.2 Å². The predicted molar refractivity (Wildman–Crippen MR) is 130 cm³/mol. The number of para-hydroxylation sites is 1. The van der Waals surface area contributed by atoms with E-state index in [0.29, 0.717) is 5.75 Å². The highest BCUT2D eigenvalue weighted by Crippen LogP contribution is 2.33. The maximum absolute atomic E-state index is 12.0. The van der Waals surface area contributed by atoms with E-state index in [4.69, 9.17) is 4.74 Å². The zero-order valence-electron chi connectivity index (χ0n) is 18.9. The lowest BCUT2D eigenvalue weighted by molar-refractivity contribution is -0.127. The second-order valence-corrected chi connectivity index (χ2v) is 9.19. The van der Waals surface area contributed by atoms with Crippen molar-refractivity contribution < 1.29 is 14.3 Å². The predicted octanol–water partition coefficient (Wildman–Crippen LogP) is 3.68. The van der Waals surface area contributed by atoms with E-state index < -0.39 is 5.91 Å². The monoisotopic (exact) mass is 464 g/mol. The highest BCUT2D eigenvalue weighted by molar-refractivity contribution is 7.14. The third kappa shape index (κ3) is 5.70. The summed E-state index contributed by atoms with van der Waals surface area (Å²) in [5.41, 5.74) is 7.10. The Bertz CT molecular complexity index is 1140. The highest BCUT2D eigenvalue weighted by Gasteiger charge is 2.17. The van der Waals surface area contributed by atoms with Gasteiger partial charge in [0.15, 0.2) is 6.61 Å². The van der Waals surface area contributed by atoms with Gasteiger partial charge in [-0.2, -0.15) is 5.10 Å². The van der Waals surface area contributed by atoms with Gasteiger partial charge in [-0.25, -0.2) is 5.43 Å². The number of thiophene rings is 1. The number of aromatic nitrogens is 1. The molecule has 1 aromatic carbocycles. The molecule has 1 aliphatic carbocycles. The quantitative estimate of drug-likeness (QED) is 0.394. The van der Waals surface area contributed by atoms with Crippen molar-refractivity contribution in [3.8, 4) is 10.8 Å². The van der Waals surface area contributed by atoms with Crippen molar-refractivity contribution in [2.24, 2.45) is 5.10 Å². The Kier molecular flexibility index (Phi) is 7.24. The molecule has 2 heterocycles. The molecule has 0 saturated carbocycles. The first-order valence-electron chi connectivity index (χ1n) is 11.1.